The van der Waals surface area contributed by atoms with Crippen molar-refractivity contribution < 1.29 is 9.53 Å². The first-order valence-electron chi connectivity index (χ1n) is 4.38. The van der Waals surface area contributed by atoms with Crippen LogP contribution in [0.1, 0.15) is 19.4 Å². The molecular formula is C11H14O2. The lowest BCUT2D eigenvalue weighted by Gasteiger charge is -2.06. The van der Waals surface area contributed by atoms with Crippen LogP contribution in [0.5, 0.6) is 5.75 Å². The van der Waals surface area contributed by atoms with Crippen molar-refractivity contribution in [2.45, 2.75) is 20.8 Å². The quantitative estimate of drug-likeness (QED) is 0.514. The molecule has 0 aliphatic heterocycles. The third-order valence-corrected chi connectivity index (χ3v) is 1.71. The predicted octanol–water partition coefficient (Wildman–Crippen LogP) is 2.56. The summed E-state index contributed by atoms with van der Waals surface area (Å²) in [6.07, 6.45) is 0. The van der Waals surface area contributed by atoms with Gasteiger partial charge in [-0.2, -0.15) is 0 Å². The molecule has 70 valence electrons. The fraction of sp³-hybridized carbons (Fsp3) is 0.364. The fourth-order valence-electron chi connectivity index (χ4n) is 0.840. The summed E-state index contributed by atoms with van der Waals surface area (Å²) in [4.78, 5) is 11.2. The smallest absolute Gasteiger partial charge is 0.313 e. The maximum absolute atomic E-state index is 11.2. The molecule has 0 radical (unpaired) electrons. The van der Waals surface area contributed by atoms with Gasteiger partial charge in [-0.3, -0.25) is 4.79 Å². The van der Waals surface area contributed by atoms with E-state index in [9.17, 15) is 4.79 Å². The van der Waals surface area contributed by atoms with E-state index < -0.39 is 0 Å². The first-order chi connectivity index (χ1) is 6.09. The molecule has 0 saturated carbocycles. The molecule has 13 heavy (non-hydrogen) atoms. The Hall–Kier alpha value is -1.31. The highest BCUT2D eigenvalue weighted by molar-refractivity contribution is 5.74. The number of esters is 1. The Balaban J connectivity index is 2.65. The second-order valence-electron chi connectivity index (χ2n) is 3.39. The van der Waals surface area contributed by atoms with Gasteiger partial charge in [-0.1, -0.05) is 31.5 Å². The number of benzene rings is 1. The van der Waals surface area contributed by atoms with E-state index in [2.05, 4.69) is 0 Å². The van der Waals surface area contributed by atoms with Crippen LogP contribution >= 0.6 is 0 Å². The summed E-state index contributed by atoms with van der Waals surface area (Å²) in [5.74, 6) is 0.342. The average Bonchev–Trinajstić information content (AvgIpc) is 2.08. The minimum absolute atomic E-state index is 0.0821. The number of carbonyl (C=O) groups is 1. The zero-order chi connectivity index (χ0) is 9.84. The maximum atomic E-state index is 11.2. The Morgan fingerprint density at radius 1 is 1.23 bits per heavy atom. The zero-order valence-electron chi connectivity index (χ0n) is 8.20. The molecule has 0 aromatic heterocycles. The number of aryl methyl sites for hydroxylation is 1. The first kappa shape index (κ1) is 9.78. The number of hydrogen-bond donors (Lipinski definition) is 0. The van der Waals surface area contributed by atoms with Gasteiger partial charge < -0.3 is 4.74 Å². The highest BCUT2D eigenvalue weighted by Crippen LogP contribution is 2.12. The monoisotopic (exact) mass is 178 g/mol. The number of carbonyl (C=O) groups excluding carboxylic acids is 1. The molecule has 2 nitrogen and oxygen atoms in total. The van der Waals surface area contributed by atoms with Crippen molar-refractivity contribution in [1.29, 1.82) is 0 Å². The van der Waals surface area contributed by atoms with Gasteiger partial charge >= 0.3 is 5.97 Å². The number of rotatable bonds is 2. The van der Waals surface area contributed by atoms with Gasteiger partial charge in [0.15, 0.2) is 0 Å². The van der Waals surface area contributed by atoms with Crippen molar-refractivity contribution in [3.8, 4) is 5.75 Å². The van der Waals surface area contributed by atoms with Crippen LogP contribution in [0.2, 0.25) is 0 Å². The van der Waals surface area contributed by atoms with E-state index in [1.54, 1.807) is 12.1 Å². The lowest BCUT2D eigenvalue weighted by molar-refractivity contribution is -0.137. The molecule has 0 atom stereocenters. The highest BCUT2D eigenvalue weighted by Gasteiger charge is 2.08. The van der Waals surface area contributed by atoms with Crippen LogP contribution in [0.15, 0.2) is 24.3 Å². The van der Waals surface area contributed by atoms with Gasteiger partial charge in [0.05, 0.1) is 5.92 Å². The van der Waals surface area contributed by atoms with Crippen molar-refractivity contribution in [3.63, 3.8) is 0 Å². The SMILES string of the molecule is Cc1ccc(OC(=O)C(C)C)cc1. The number of ether oxygens (including phenoxy) is 1. The van der Waals surface area contributed by atoms with E-state index >= 15 is 0 Å². The van der Waals surface area contributed by atoms with Gasteiger partial charge in [0.2, 0.25) is 0 Å². The van der Waals surface area contributed by atoms with E-state index in [4.69, 9.17) is 4.74 Å². The summed E-state index contributed by atoms with van der Waals surface area (Å²) in [6, 6.07) is 7.44. The molecule has 2 heteroatoms. The molecule has 0 aliphatic carbocycles. The van der Waals surface area contributed by atoms with Crippen molar-refractivity contribution >= 4 is 5.97 Å². The Morgan fingerprint density at radius 3 is 2.23 bits per heavy atom. The molecule has 0 N–H and O–H groups in total. The van der Waals surface area contributed by atoms with Crippen molar-refractivity contribution in [2.75, 3.05) is 0 Å². The molecule has 0 heterocycles. The summed E-state index contributed by atoms with van der Waals surface area (Å²) in [7, 11) is 0. The topological polar surface area (TPSA) is 26.3 Å². The summed E-state index contributed by atoms with van der Waals surface area (Å²) in [6.45, 7) is 5.63. The average molecular weight is 178 g/mol. The van der Waals surface area contributed by atoms with E-state index in [0.717, 1.165) is 5.56 Å². The fourth-order valence-corrected chi connectivity index (χ4v) is 0.840. The van der Waals surface area contributed by atoms with Gasteiger partial charge in [0.1, 0.15) is 5.75 Å². The summed E-state index contributed by atoms with van der Waals surface area (Å²) in [5, 5.41) is 0. The molecule has 0 unspecified atom stereocenters. The Kier molecular flexibility index (Phi) is 3.07. The zero-order valence-corrected chi connectivity index (χ0v) is 8.20. The molecule has 0 bridgehead atoms. The molecule has 1 aromatic rings. The van der Waals surface area contributed by atoms with E-state index in [1.165, 1.54) is 0 Å². The largest absolute Gasteiger partial charge is 0.426 e. The predicted molar refractivity (Wildman–Crippen MR) is 51.7 cm³/mol. The summed E-state index contributed by atoms with van der Waals surface area (Å²) in [5.41, 5.74) is 1.16. The molecule has 0 fully saturated rings. The maximum Gasteiger partial charge on any atom is 0.313 e. The highest BCUT2D eigenvalue weighted by atomic mass is 16.5. The van der Waals surface area contributed by atoms with Crippen LogP contribution in [0, 0.1) is 12.8 Å². The third kappa shape index (κ3) is 2.90. The van der Waals surface area contributed by atoms with Gasteiger partial charge in [-0.25, -0.2) is 0 Å². The third-order valence-electron chi connectivity index (χ3n) is 1.71. The molecule has 0 aliphatic rings. The lowest BCUT2D eigenvalue weighted by Crippen LogP contribution is -2.14. The Morgan fingerprint density at radius 2 is 1.77 bits per heavy atom. The van der Waals surface area contributed by atoms with Gasteiger partial charge in [0, 0.05) is 0 Å². The van der Waals surface area contributed by atoms with Crippen LogP contribution in [0.3, 0.4) is 0 Å². The second-order valence-corrected chi connectivity index (χ2v) is 3.39. The minimum Gasteiger partial charge on any atom is -0.426 e. The Bertz CT molecular complexity index is 285. The Labute approximate surface area is 78.5 Å². The van der Waals surface area contributed by atoms with Crippen molar-refractivity contribution in [3.05, 3.63) is 29.8 Å². The van der Waals surface area contributed by atoms with Crippen LogP contribution in [0.25, 0.3) is 0 Å². The van der Waals surface area contributed by atoms with E-state index in [0.29, 0.717) is 5.75 Å². The summed E-state index contributed by atoms with van der Waals surface area (Å²) < 4.78 is 5.09. The molecular weight excluding hydrogens is 164 g/mol. The minimum atomic E-state index is -0.191. The van der Waals surface area contributed by atoms with Crippen molar-refractivity contribution in [1.82, 2.24) is 0 Å². The van der Waals surface area contributed by atoms with E-state index in [1.807, 2.05) is 32.9 Å². The lowest BCUT2D eigenvalue weighted by atomic mass is 10.2. The van der Waals surface area contributed by atoms with Crippen LogP contribution in [-0.2, 0) is 4.79 Å². The van der Waals surface area contributed by atoms with Gasteiger partial charge in [0.25, 0.3) is 0 Å². The molecule has 0 spiro atoms. The van der Waals surface area contributed by atoms with Crippen LogP contribution in [0.4, 0.5) is 0 Å². The van der Waals surface area contributed by atoms with Crippen LogP contribution < -0.4 is 4.74 Å². The van der Waals surface area contributed by atoms with E-state index in [-0.39, 0.29) is 11.9 Å². The van der Waals surface area contributed by atoms with Crippen LogP contribution in [-0.4, -0.2) is 5.97 Å². The normalized spacial score (nSPS) is 10.2. The standard InChI is InChI=1S/C11H14O2/c1-8(2)11(12)13-10-6-4-9(3)5-7-10/h4-8H,1-3H3. The molecule has 0 saturated heterocycles. The molecule has 1 rings (SSSR count). The van der Waals surface area contributed by atoms with Crippen molar-refractivity contribution in [2.24, 2.45) is 5.92 Å². The molecule has 1 aromatic carbocycles. The number of hydrogen-bond acceptors (Lipinski definition) is 2. The first-order valence-corrected chi connectivity index (χ1v) is 4.38. The molecule has 0 amide bonds. The van der Waals surface area contributed by atoms with Gasteiger partial charge in [-0.15, -0.1) is 0 Å². The second kappa shape index (κ2) is 4.08. The summed E-state index contributed by atoms with van der Waals surface area (Å²) >= 11 is 0. The van der Waals surface area contributed by atoms with Gasteiger partial charge in [-0.05, 0) is 19.1 Å².